The van der Waals surface area contributed by atoms with Crippen LogP contribution in [0.25, 0.3) is 0 Å². The first-order valence-corrected chi connectivity index (χ1v) is 8.75. The maximum absolute atomic E-state index is 12.7. The van der Waals surface area contributed by atoms with E-state index in [-0.39, 0.29) is 23.2 Å². The molecule has 28 heavy (non-hydrogen) atoms. The molecule has 0 saturated heterocycles. The van der Waals surface area contributed by atoms with Gasteiger partial charge in [0, 0.05) is 34.1 Å². The number of amides is 1. The van der Waals surface area contributed by atoms with Gasteiger partial charge >= 0.3 is 0 Å². The fourth-order valence-electron chi connectivity index (χ4n) is 3.03. The molecule has 4 rings (SSSR count). The number of Topliss-reactive ketones (excluding diaryl/α,β-unsaturated/α-hetero) is 1. The van der Waals surface area contributed by atoms with Crippen LogP contribution in [0.15, 0.2) is 90.6 Å². The van der Waals surface area contributed by atoms with Gasteiger partial charge in [-0.15, -0.1) is 0 Å². The van der Waals surface area contributed by atoms with Crippen LogP contribution in [-0.2, 0) is 0 Å². The summed E-state index contributed by atoms with van der Waals surface area (Å²) in [5, 5.41) is 5.82. The molecule has 136 valence electrons. The van der Waals surface area contributed by atoms with Gasteiger partial charge in [-0.05, 0) is 30.3 Å². The summed E-state index contributed by atoms with van der Waals surface area (Å²) < 4.78 is 0. The number of benzene rings is 3. The van der Waals surface area contributed by atoms with E-state index < -0.39 is 0 Å². The minimum Gasteiger partial charge on any atom is -0.352 e. The van der Waals surface area contributed by atoms with Crippen LogP contribution < -0.4 is 10.6 Å². The molecule has 5 heteroatoms. The van der Waals surface area contributed by atoms with Gasteiger partial charge in [0.15, 0.2) is 5.78 Å². The largest absolute Gasteiger partial charge is 0.352 e. The van der Waals surface area contributed by atoms with Crippen molar-refractivity contribution in [2.24, 2.45) is 0 Å². The van der Waals surface area contributed by atoms with Gasteiger partial charge in [0.2, 0.25) is 5.78 Å². The molecule has 0 unspecified atom stereocenters. The lowest BCUT2D eigenvalue weighted by Crippen LogP contribution is -2.21. The summed E-state index contributed by atoms with van der Waals surface area (Å²) in [5.41, 5.74) is 2.71. The summed E-state index contributed by atoms with van der Waals surface area (Å²) in [6, 6.07) is 22.6. The monoisotopic (exact) mass is 368 g/mol. The van der Waals surface area contributed by atoms with E-state index >= 15 is 0 Å². The van der Waals surface area contributed by atoms with Gasteiger partial charge in [0.1, 0.15) is 0 Å². The normalized spacial score (nSPS) is 12.8. The van der Waals surface area contributed by atoms with Gasteiger partial charge in [0.05, 0.1) is 5.70 Å². The minimum absolute atomic E-state index is 0.204. The average molecular weight is 368 g/mol. The number of hydrogen-bond acceptors (Lipinski definition) is 4. The van der Waals surface area contributed by atoms with Gasteiger partial charge in [0.25, 0.3) is 5.91 Å². The molecular weight excluding hydrogens is 352 g/mol. The molecule has 5 nitrogen and oxygen atoms in total. The summed E-state index contributed by atoms with van der Waals surface area (Å²) >= 11 is 0. The lowest BCUT2D eigenvalue weighted by Gasteiger charge is -2.17. The van der Waals surface area contributed by atoms with E-state index in [0.717, 1.165) is 0 Å². The van der Waals surface area contributed by atoms with Crippen molar-refractivity contribution in [2.75, 3.05) is 10.6 Å². The van der Waals surface area contributed by atoms with Crippen molar-refractivity contribution in [3.05, 3.63) is 107 Å². The van der Waals surface area contributed by atoms with Crippen molar-refractivity contribution >= 4 is 28.8 Å². The molecule has 2 N–H and O–H groups in total. The van der Waals surface area contributed by atoms with Gasteiger partial charge in [-0.3, -0.25) is 14.4 Å². The molecule has 0 bridgehead atoms. The van der Waals surface area contributed by atoms with Crippen molar-refractivity contribution in [2.45, 2.75) is 0 Å². The Kier molecular flexibility index (Phi) is 4.56. The molecular formula is C23H16N2O3. The molecule has 3 aromatic rings. The fraction of sp³-hybridized carbons (Fsp3) is 0. The topological polar surface area (TPSA) is 75.3 Å². The number of fused-ring (bicyclic) bond motifs is 1. The van der Waals surface area contributed by atoms with Crippen molar-refractivity contribution in [1.82, 2.24) is 0 Å². The lowest BCUT2D eigenvalue weighted by atomic mass is 9.92. The Bertz CT molecular complexity index is 1120. The third kappa shape index (κ3) is 3.46. The van der Waals surface area contributed by atoms with E-state index in [2.05, 4.69) is 10.6 Å². The number of carbonyl (C=O) groups is 3. The third-order valence-electron chi connectivity index (χ3n) is 4.39. The number of carbonyl (C=O) groups excluding carboxylic acids is 3. The van der Waals surface area contributed by atoms with Crippen molar-refractivity contribution < 1.29 is 14.4 Å². The van der Waals surface area contributed by atoms with Crippen LogP contribution in [0.3, 0.4) is 0 Å². The zero-order chi connectivity index (χ0) is 19.5. The molecule has 0 aromatic heterocycles. The number of nitrogens with one attached hydrogen (secondary N) is 2. The number of rotatable bonds is 4. The Balaban J connectivity index is 1.54. The van der Waals surface area contributed by atoms with E-state index in [1.54, 1.807) is 72.8 Å². The number of hydrogen-bond donors (Lipinski definition) is 2. The van der Waals surface area contributed by atoms with E-state index in [4.69, 9.17) is 0 Å². The third-order valence-corrected chi connectivity index (χ3v) is 4.39. The Labute approximate surface area is 161 Å². The first kappa shape index (κ1) is 17.4. The number of anilines is 2. The fourth-order valence-corrected chi connectivity index (χ4v) is 3.03. The Morgan fingerprint density at radius 1 is 0.714 bits per heavy atom. The molecule has 0 fully saturated rings. The second-order valence-electron chi connectivity index (χ2n) is 6.32. The Morgan fingerprint density at radius 3 is 2.18 bits per heavy atom. The highest BCUT2D eigenvalue weighted by molar-refractivity contribution is 6.25. The van der Waals surface area contributed by atoms with Gasteiger partial charge < -0.3 is 10.6 Å². The van der Waals surface area contributed by atoms with Gasteiger partial charge in [-0.25, -0.2) is 0 Å². The average Bonchev–Trinajstić information content (AvgIpc) is 2.73. The highest BCUT2D eigenvalue weighted by Gasteiger charge is 2.25. The zero-order valence-corrected chi connectivity index (χ0v) is 14.8. The minimum atomic E-state index is -0.242. The predicted molar refractivity (Wildman–Crippen MR) is 108 cm³/mol. The van der Waals surface area contributed by atoms with Gasteiger partial charge in [-0.1, -0.05) is 48.5 Å². The van der Waals surface area contributed by atoms with Gasteiger partial charge in [-0.2, -0.15) is 0 Å². The molecule has 1 amide bonds. The van der Waals surface area contributed by atoms with E-state index in [1.165, 1.54) is 6.08 Å². The smallest absolute Gasteiger partial charge is 0.255 e. The summed E-state index contributed by atoms with van der Waals surface area (Å²) in [5.74, 6) is -0.685. The summed E-state index contributed by atoms with van der Waals surface area (Å²) in [6.45, 7) is 0. The van der Waals surface area contributed by atoms with Crippen LogP contribution in [0.2, 0.25) is 0 Å². The second kappa shape index (κ2) is 7.32. The summed E-state index contributed by atoms with van der Waals surface area (Å²) in [6.07, 6.45) is 1.31. The number of ketones is 2. The second-order valence-corrected chi connectivity index (χ2v) is 6.32. The van der Waals surface area contributed by atoms with Crippen LogP contribution in [-0.4, -0.2) is 17.5 Å². The molecule has 0 atom stereocenters. The highest BCUT2D eigenvalue weighted by atomic mass is 16.2. The van der Waals surface area contributed by atoms with E-state index in [1.807, 2.05) is 6.07 Å². The van der Waals surface area contributed by atoms with E-state index in [9.17, 15) is 14.4 Å². The van der Waals surface area contributed by atoms with Crippen LogP contribution in [0, 0.1) is 0 Å². The quantitative estimate of drug-likeness (QED) is 0.719. The van der Waals surface area contributed by atoms with Crippen LogP contribution in [0.5, 0.6) is 0 Å². The molecule has 0 heterocycles. The molecule has 0 aliphatic heterocycles. The molecule has 0 saturated carbocycles. The summed E-state index contributed by atoms with van der Waals surface area (Å²) in [4.78, 5) is 37.2. The van der Waals surface area contributed by atoms with Crippen molar-refractivity contribution in [3.63, 3.8) is 0 Å². The molecule has 0 radical (unpaired) electrons. The first-order valence-electron chi connectivity index (χ1n) is 8.75. The Hall–Kier alpha value is -3.99. The van der Waals surface area contributed by atoms with E-state index in [0.29, 0.717) is 28.1 Å². The maximum atomic E-state index is 12.7. The van der Waals surface area contributed by atoms with Crippen LogP contribution in [0.4, 0.5) is 11.4 Å². The SMILES string of the molecule is O=C(Nc1cccc(NC2=CC(=O)c3ccccc3C2=O)c1)c1ccccc1. The predicted octanol–water partition coefficient (Wildman–Crippen LogP) is 4.31. The molecule has 0 spiro atoms. The van der Waals surface area contributed by atoms with Crippen molar-refractivity contribution in [1.29, 1.82) is 0 Å². The maximum Gasteiger partial charge on any atom is 0.255 e. The standard InChI is InChI=1S/C23H16N2O3/c26-21-14-20(22(27)19-12-5-4-11-18(19)21)24-16-9-6-10-17(13-16)25-23(28)15-7-2-1-3-8-15/h1-14,24H,(H,25,28). The van der Waals surface area contributed by atoms with Crippen LogP contribution in [0.1, 0.15) is 31.1 Å². The number of allylic oxidation sites excluding steroid dienone is 2. The molecule has 1 aliphatic carbocycles. The lowest BCUT2D eigenvalue weighted by molar-refractivity contribution is 0.0985. The Morgan fingerprint density at radius 2 is 1.39 bits per heavy atom. The first-order chi connectivity index (χ1) is 13.6. The summed E-state index contributed by atoms with van der Waals surface area (Å²) in [7, 11) is 0. The van der Waals surface area contributed by atoms with Crippen LogP contribution >= 0.6 is 0 Å². The van der Waals surface area contributed by atoms with Crippen molar-refractivity contribution in [3.8, 4) is 0 Å². The molecule has 3 aromatic carbocycles. The highest BCUT2D eigenvalue weighted by Crippen LogP contribution is 2.24. The zero-order valence-electron chi connectivity index (χ0n) is 14.8. The molecule has 1 aliphatic rings.